The number of hydrogen-bond acceptors (Lipinski definition) is 4. The topological polar surface area (TPSA) is 41.8 Å². The molecule has 0 bridgehead atoms. The van der Waals surface area contributed by atoms with E-state index < -0.39 is 11.3 Å². The van der Waals surface area contributed by atoms with Crippen LogP contribution < -0.4 is 0 Å². The van der Waals surface area contributed by atoms with Gasteiger partial charge < -0.3 is 4.74 Å². The number of rotatable bonds is 5. The molecule has 2 saturated heterocycles. The minimum Gasteiger partial charge on any atom is -0.465 e. The molecule has 0 radical (unpaired) electrons. The summed E-state index contributed by atoms with van der Waals surface area (Å²) in [6.45, 7) is 4.35. The Balaban J connectivity index is 1.89. The number of nitrogens with zero attached hydrogens (tertiary/aromatic N) is 1. The standard InChI is InChI=1S/C16H21NO3/c1-3-10-15(14(18)19-4-2)11-12-16(17(15)20-16)13-8-6-5-7-9-13/h5-9H,3-4,10-12H2,1-2H3/t15-,16-,17?/m0/s1. The van der Waals surface area contributed by atoms with Crippen LogP contribution in [0.5, 0.6) is 0 Å². The van der Waals surface area contributed by atoms with Crippen LogP contribution in [0, 0.1) is 0 Å². The molecule has 3 rings (SSSR count). The van der Waals surface area contributed by atoms with Crippen molar-refractivity contribution in [3.05, 3.63) is 35.9 Å². The molecule has 0 amide bonds. The summed E-state index contributed by atoms with van der Waals surface area (Å²) in [5.41, 5.74) is 0.131. The van der Waals surface area contributed by atoms with E-state index >= 15 is 0 Å². The van der Waals surface area contributed by atoms with Crippen molar-refractivity contribution >= 4 is 5.97 Å². The average Bonchev–Trinajstić information content (AvgIpc) is 3.14. The lowest BCUT2D eigenvalue weighted by atomic mass is 9.91. The van der Waals surface area contributed by atoms with Crippen LogP contribution in [0.3, 0.4) is 0 Å². The van der Waals surface area contributed by atoms with Gasteiger partial charge in [0.1, 0.15) is 5.54 Å². The number of fused-ring (bicyclic) bond motifs is 1. The molecule has 4 heteroatoms. The Bertz CT molecular complexity index is 504. The van der Waals surface area contributed by atoms with Gasteiger partial charge in [-0.2, -0.15) is 0 Å². The molecular weight excluding hydrogens is 254 g/mol. The Morgan fingerprint density at radius 3 is 2.65 bits per heavy atom. The molecule has 2 aliphatic heterocycles. The van der Waals surface area contributed by atoms with Gasteiger partial charge in [-0.25, -0.2) is 4.79 Å². The summed E-state index contributed by atoms with van der Waals surface area (Å²) in [6.07, 6.45) is 3.36. The first-order chi connectivity index (χ1) is 9.69. The third-order valence-corrected chi connectivity index (χ3v) is 4.35. The monoisotopic (exact) mass is 275 g/mol. The number of benzene rings is 1. The molecule has 1 unspecified atom stereocenters. The predicted molar refractivity (Wildman–Crippen MR) is 74.6 cm³/mol. The van der Waals surface area contributed by atoms with E-state index in [2.05, 4.69) is 19.1 Å². The summed E-state index contributed by atoms with van der Waals surface area (Å²) in [4.78, 5) is 18.3. The van der Waals surface area contributed by atoms with E-state index in [1.54, 1.807) is 0 Å². The predicted octanol–water partition coefficient (Wildman–Crippen LogP) is 2.98. The molecule has 1 aromatic rings. The number of hydrogen-bond donors (Lipinski definition) is 0. The zero-order valence-electron chi connectivity index (χ0n) is 12.1. The van der Waals surface area contributed by atoms with Crippen LogP contribution in [-0.2, 0) is 20.1 Å². The van der Waals surface area contributed by atoms with Crippen molar-refractivity contribution in [2.45, 2.75) is 50.8 Å². The van der Waals surface area contributed by atoms with Crippen LogP contribution >= 0.6 is 0 Å². The van der Waals surface area contributed by atoms with Crippen molar-refractivity contribution in [1.29, 1.82) is 0 Å². The van der Waals surface area contributed by atoms with Crippen LogP contribution in [0.1, 0.15) is 45.1 Å². The van der Waals surface area contributed by atoms with Crippen LogP contribution in [0.15, 0.2) is 30.3 Å². The van der Waals surface area contributed by atoms with Crippen molar-refractivity contribution in [2.75, 3.05) is 6.61 Å². The van der Waals surface area contributed by atoms with E-state index in [0.29, 0.717) is 6.61 Å². The zero-order valence-corrected chi connectivity index (χ0v) is 12.1. The molecule has 0 N–H and O–H groups in total. The summed E-state index contributed by atoms with van der Waals surface area (Å²) in [6, 6.07) is 10.1. The third-order valence-electron chi connectivity index (χ3n) is 4.35. The Morgan fingerprint density at radius 1 is 1.30 bits per heavy atom. The fraction of sp³-hybridized carbons (Fsp3) is 0.562. The van der Waals surface area contributed by atoms with Gasteiger partial charge in [0, 0.05) is 12.0 Å². The van der Waals surface area contributed by atoms with Crippen molar-refractivity contribution in [3.8, 4) is 0 Å². The lowest BCUT2D eigenvalue weighted by Gasteiger charge is -2.26. The smallest absolute Gasteiger partial charge is 0.329 e. The number of carbonyl (C=O) groups excluding carboxylic acids is 1. The first kappa shape index (κ1) is 13.6. The second-order valence-electron chi connectivity index (χ2n) is 5.54. The molecule has 2 fully saturated rings. The van der Waals surface area contributed by atoms with Gasteiger partial charge in [0.25, 0.3) is 0 Å². The van der Waals surface area contributed by atoms with E-state index in [1.165, 1.54) is 0 Å². The van der Waals surface area contributed by atoms with E-state index in [0.717, 1.165) is 31.2 Å². The average molecular weight is 275 g/mol. The number of esters is 1. The SMILES string of the molecule is CCC[C@@]1(C(=O)OCC)CC[C@@]2(c3ccccc3)ON12. The van der Waals surface area contributed by atoms with Crippen LogP contribution in [0.2, 0.25) is 0 Å². The Hall–Kier alpha value is -1.39. The maximum Gasteiger partial charge on any atom is 0.329 e. The maximum atomic E-state index is 12.4. The summed E-state index contributed by atoms with van der Waals surface area (Å²) in [5, 5.41) is 1.89. The molecule has 2 aliphatic rings. The number of hydroxylamine groups is 2. The molecule has 0 saturated carbocycles. The van der Waals surface area contributed by atoms with Crippen molar-refractivity contribution in [1.82, 2.24) is 5.06 Å². The fourth-order valence-corrected chi connectivity index (χ4v) is 3.39. The highest BCUT2D eigenvalue weighted by atomic mass is 16.9. The summed E-state index contributed by atoms with van der Waals surface area (Å²) >= 11 is 0. The number of carbonyl (C=O) groups is 1. The molecular formula is C16H21NO3. The molecule has 3 atom stereocenters. The van der Waals surface area contributed by atoms with Gasteiger partial charge in [-0.15, -0.1) is 5.06 Å². The minimum atomic E-state index is -0.597. The van der Waals surface area contributed by atoms with Crippen LogP contribution in [-0.4, -0.2) is 23.2 Å². The molecule has 0 aliphatic carbocycles. The molecule has 20 heavy (non-hydrogen) atoms. The van der Waals surface area contributed by atoms with Gasteiger partial charge in [-0.3, -0.25) is 4.84 Å². The van der Waals surface area contributed by atoms with E-state index in [9.17, 15) is 4.79 Å². The van der Waals surface area contributed by atoms with Gasteiger partial charge in [-0.1, -0.05) is 43.7 Å². The van der Waals surface area contributed by atoms with Crippen molar-refractivity contribution < 1.29 is 14.4 Å². The minimum absolute atomic E-state index is 0.142. The van der Waals surface area contributed by atoms with Gasteiger partial charge in [0.05, 0.1) is 6.61 Å². The summed E-state index contributed by atoms with van der Waals surface area (Å²) in [7, 11) is 0. The van der Waals surface area contributed by atoms with E-state index in [1.807, 2.05) is 30.2 Å². The molecule has 0 aromatic heterocycles. The molecule has 4 nitrogen and oxygen atoms in total. The van der Waals surface area contributed by atoms with Crippen LogP contribution in [0.25, 0.3) is 0 Å². The second-order valence-corrected chi connectivity index (χ2v) is 5.54. The molecule has 1 aromatic carbocycles. The highest BCUT2D eigenvalue weighted by Crippen LogP contribution is 2.61. The second kappa shape index (κ2) is 4.86. The summed E-state index contributed by atoms with van der Waals surface area (Å²) in [5.74, 6) is -0.142. The quantitative estimate of drug-likeness (QED) is 0.612. The molecule has 2 heterocycles. The first-order valence-corrected chi connectivity index (χ1v) is 7.42. The van der Waals surface area contributed by atoms with Crippen molar-refractivity contribution in [3.63, 3.8) is 0 Å². The van der Waals surface area contributed by atoms with E-state index in [-0.39, 0.29) is 5.97 Å². The number of ether oxygens (including phenoxy) is 1. The zero-order chi connectivity index (χ0) is 14.2. The Kier molecular flexibility index (Phi) is 3.30. The van der Waals surface area contributed by atoms with Gasteiger partial charge in [-0.05, 0) is 19.8 Å². The Morgan fingerprint density at radius 2 is 2.05 bits per heavy atom. The van der Waals surface area contributed by atoms with Crippen molar-refractivity contribution in [2.24, 2.45) is 0 Å². The fourth-order valence-electron chi connectivity index (χ4n) is 3.39. The van der Waals surface area contributed by atoms with E-state index in [4.69, 9.17) is 9.57 Å². The molecule has 0 spiro atoms. The first-order valence-electron chi connectivity index (χ1n) is 7.42. The van der Waals surface area contributed by atoms with Crippen LogP contribution in [0.4, 0.5) is 0 Å². The highest BCUT2D eigenvalue weighted by Gasteiger charge is 2.73. The summed E-state index contributed by atoms with van der Waals surface area (Å²) < 4.78 is 5.30. The third kappa shape index (κ3) is 1.79. The van der Waals surface area contributed by atoms with Gasteiger partial charge in [0.15, 0.2) is 5.72 Å². The largest absolute Gasteiger partial charge is 0.465 e. The lowest BCUT2D eigenvalue weighted by molar-refractivity contribution is -0.159. The van der Waals surface area contributed by atoms with Gasteiger partial charge >= 0.3 is 5.97 Å². The lowest BCUT2D eigenvalue weighted by Crippen LogP contribution is -2.45. The normalized spacial score (nSPS) is 34.6. The Labute approximate surface area is 119 Å². The highest BCUT2D eigenvalue weighted by molar-refractivity contribution is 5.82. The van der Waals surface area contributed by atoms with Gasteiger partial charge in [0.2, 0.25) is 0 Å². The maximum absolute atomic E-state index is 12.4. The molecule has 108 valence electrons.